The SMILES string of the molecule is C#CCC(NCC)C1(c2ccccc2)CCCC1. The molecule has 0 saturated heterocycles. The summed E-state index contributed by atoms with van der Waals surface area (Å²) in [7, 11) is 0. The van der Waals surface area contributed by atoms with E-state index in [1.165, 1.54) is 31.2 Å². The zero-order chi connectivity index (χ0) is 12.8. The molecule has 1 aromatic carbocycles. The van der Waals surface area contributed by atoms with Gasteiger partial charge in [-0.1, -0.05) is 50.1 Å². The molecule has 1 saturated carbocycles. The molecular formula is C17H23N. The normalized spacial score (nSPS) is 19.3. The van der Waals surface area contributed by atoms with Gasteiger partial charge in [-0.05, 0) is 24.9 Å². The van der Waals surface area contributed by atoms with Gasteiger partial charge in [-0.3, -0.25) is 0 Å². The van der Waals surface area contributed by atoms with Crippen LogP contribution in [0.15, 0.2) is 30.3 Å². The Balaban J connectivity index is 2.34. The summed E-state index contributed by atoms with van der Waals surface area (Å²) in [5, 5.41) is 3.62. The lowest BCUT2D eigenvalue weighted by Gasteiger charge is -2.38. The largest absolute Gasteiger partial charge is 0.312 e. The smallest absolute Gasteiger partial charge is 0.0273 e. The maximum Gasteiger partial charge on any atom is 0.0273 e. The van der Waals surface area contributed by atoms with Crippen LogP contribution in [0.2, 0.25) is 0 Å². The van der Waals surface area contributed by atoms with Crippen LogP contribution in [-0.4, -0.2) is 12.6 Å². The minimum Gasteiger partial charge on any atom is -0.312 e. The lowest BCUT2D eigenvalue weighted by molar-refractivity contribution is 0.303. The number of likely N-dealkylation sites (N-methyl/N-ethyl adjacent to an activating group) is 1. The number of benzene rings is 1. The van der Waals surface area contributed by atoms with Crippen LogP contribution >= 0.6 is 0 Å². The lowest BCUT2D eigenvalue weighted by atomic mass is 9.71. The molecule has 1 atom stereocenters. The third kappa shape index (κ3) is 2.44. The van der Waals surface area contributed by atoms with Crippen molar-refractivity contribution in [2.45, 2.75) is 50.5 Å². The summed E-state index contributed by atoms with van der Waals surface area (Å²) in [5.74, 6) is 2.86. The molecule has 0 bridgehead atoms. The van der Waals surface area contributed by atoms with Gasteiger partial charge < -0.3 is 5.32 Å². The molecule has 1 N–H and O–H groups in total. The Morgan fingerprint density at radius 1 is 1.28 bits per heavy atom. The molecule has 1 heteroatoms. The van der Waals surface area contributed by atoms with E-state index < -0.39 is 0 Å². The van der Waals surface area contributed by atoms with E-state index in [-0.39, 0.29) is 5.41 Å². The molecule has 2 rings (SSSR count). The predicted octanol–water partition coefficient (Wildman–Crippen LogP) is 3.50. The molecule has 0 radical (unpaired) electrons. The maximum absolute atomic E-state index is 5.57. The van der Waals surface area contributed by atoms with Crippen molar-refractivity contribution in [1.82, 2.24) is 5.32 Å². The Morgan fingerprint density at radius 2 is 1.94 bits per heavy atom. The van der Waals surface area contributed by atoms with E-state index in [2.05, 4.69) is 48.5 Å². The van der Waals surface area contributed by atoms with Crippen LogP contribution in [0.1, 0.15) is 44.6 Å². The van der Waals surface area contributed by atoms with Crippen LogP contribution in [0.3, 0.4) is 0 Å². The van der Waals surface area contributed by atoms with Crippen molar-refractivity contribution >= 4 is 0 Å². The van der Waals surface area contributed by atoms with E-state index in [0.717, 1.165) is 13.0 Å². The second kappa shape index (κ2) is 6.07. The molecule has 0 aliphatic heterocycles. The van der Waals surface area contributed by atoms with Crippen LogP contribution in [0.5, 0.6) is 0 Å². The van der Waals surface area contributed by atoms with Crippen molar-refractivity contribution < 1.29 is 0 Å². The molecule has 1 unspecified atom stereocenters. The first-order valence-corrected chi connectivity index (χ1v) is 7.06. The van der Waals surface area contributed by atoms with Crippen LogP contribution in [-0.2, 0) is 5.41 Å². The van der Waals surface area contributed by atoms with Crippen molar-refractivity contribution in [1.29, 1.82) is 0 Å². The minimum absolute atomic E-state index is 0.254. The second-order valence-corrected chi connectivity index (χ2v) is 5.25. The number of hydrogen-bond acceptors (Lipinski definition) is 1. The monoisotopic (exact) mass is 241 g/mol. The Kier molecular flexibility index (Phi) is 4.44. The molecular weight excluding hydrogens is 218 g/mol. The highest BCUT2D eigenvalue weighted by atomic mass is 14.9. The van der Waals surface area contributed by atoms with Crippen molar-refractivity contribution in [2.24, 2.45) is 0 Å². The molecule has 1 aromatic rings. The van der Waals surface area contributed by atoms with Crippen LogP contribution in [0.4, 0.5) is 0 Å². The first-order chi connectivity index (χ1) is 8.83. The highest BCUT2D eigenvalue weighted by molar-refractivity contribution is 5.30. The van der Waals surface area contributed by atoms with E-state index >= 15 is 0 Å². The van der Waals surface area contributed by atoms with Crippen LogP contribution < -0.4 is 5.32 Å². The highest BCUT2D eigenvalue weighted by Crippen LogP contribution is 2.44. The first-order valence-electron chi connectivity index (χ1n) is 7.06. The van der Waals surface area contributed by atoms with Gasteiger partial charge in [0.2, 0.25) is 0 Å². The molecule has 96 valence electrons. The van der Waals surface area contributed by atoms with Gasteiger partial charge in [-0.2, -0.15) is 0 Å². The van der Waals surface area contributed by atoms with Crippen molar-refractivity contribution in [3.8, 4) is 12.3 Å². The fourth-order valence-corrected chi connectivity index (χ4v) is 3.44. The van der Waals surface area contributed by atoms with Gasteiger partial charge >= 0.3 is 0 Å². The Hall–Kier alpha value is -1.26. The second-order valence-electron chi connectivity index (χ2n) is 5.25. The highest BCUT2D eigenvalue weighted by Gasteiger charge is 2.41. The van der Waals surface area contributed by atoms with E-state index in [9.17, 15) is 0 Å². The predicted molar refractivity (Wildman–Crippen MR) is 77.5 cm³/mol. The number of rotatable bonds is 5. The zero-order valence-corrected chi connectivity index (χ0v) is 11.3. The third-order valence-corrected chi connectivity index (χ3v) is 4.28. The van der Waals surface area contributed by atoms with Gasteiger partial charge in [0, 0.05) is 17.9 Å². The standard InChI is InChI=1S/C17H23N/c1-3-10-16(18-4-2)17(13-8-9-14-17)15-11-6-5-7-12-15/h1,5-7,11-12,16,18H,4,8-10,13-14H2,2H3. The fourth-order valence-electron chi connectivity index (χ4n) is 3.44. The van der Waals surface area contributed by atoms with Gasteiger partial charge in [0.15, 0.2) is 0 Å². The van der Waals surface area contributed by atoms with Crippen LogP contribution in [0.25, 0.3) is 0 Å². The maximum atomic E-state index is 5.57. The third-order valence-electron chi connectivity index (χ3n) is 4.28. The summed E-state index contributed by atoms with van der Waals surface area (Å²) in [6.07, 6.45) is 11.6. The molecule has 0 heterocycles. The number of nitrogens with one attached hydrogen (secondary N) is 1. The van der Waals surface area contributed by atoms with E-state index in [1.54, 1.807) is 0 Å². The molecule has 1 aliphatic rings. The minimum atomic E-state index is 0.254. The van der Waals surface area contributed by atoms with Crippen molar-refractivity contribution in [2.75, 3.05) is 6.54 Å². The number of terminal acetylenes is 1. The van der Waals surface area contributed by atoms with Gasteiger partial charge in [-0.15, -0.1) is 12.3 Å². The van der Waals surface area contributed by atoms with Gasteiger partial charge in [0.25, 0.3) is 0 Å². The molecule has 0 amide bonds. The van der Waals surface area contributed by atoms with Crippen LogP contribution in [0, 0.1) is 12.3 Å². The molecule has 1 aliphatic carbocycles. The molecule has 1 nitrogen and oxygen atoms in total. The Labute approximate surface area is 111 Å². The molecule has 0 aromatic heterocycles. The van der Waals surface area contributed by atoms with E-state index in [0.29, 0.717) is 6.04 Å². The Bertz CT molecular complexity index is 395. The summed E-state index contributed by atoms with van der Waals surface area (Å²) in [5.41, 5.74) is 1.72. The van der Waals surface area contributed by atoms with E-state index in [1.807, 2.05) is 0 Å². The van der Waals surface area contributed by atoms with Gasteiger partial charge in [0.1, 0.15) is 0 Å². The summed E-state index contributed by atoms with van der Waals surface area (Å²) in [6, 6.07) is 11.3. The molecule has 1 fully saturated rings. The van der Waals surface area contributed by atoms with E-state index in [4.69, 9.17) is 6.42 Å². The first kappa shape index (κ1) is 13.2. The summed E-state index contributed by atoms with van der Waals surface area (Å²) < 4.78 is 0. The van der Waals surface area contributed by atoms with Crippen molar-refractivity contribution in [3.63, 3.8) is 0 Å². The topological polar surface area (TPSA) is 12.0 Å². The molecule has 18 heavy (non-hydrogen) atoms. The summed E-state index contributed by atoms with van der Waals surface area (Å²) in [6.45, 7) is 3.15. The fraction of sp³-hybridized carbons (Fsp3) is 0.529. The average Bonchev–Trinajstić information content (AvgIpc) is 2.90. The Morgan fingerprint density at radius 3 is 2.50 bits per heavy atom. The number of hydrogen-bond donors (Lipinski definition) is 1. The zero-order valence-electron chi connectivity index (χ0n) is 11.3. The van der Waals surface area contributed by atoms with Gasteiger partial charge in [-0.25, -0.2) is 0 Å². The summed E-state index contributed by atoms with van der Waals surface area (Å²) >= 11 is 0. The average molecular weight is 241 g/mol. The quantitative estimate of drug-likeness (QED) is 0.778. The lowest BCUT2D eigenvalue weighted by Crippen LogP contribution is -2.46. The van der Waals surface area contributed by atoms with Gasteiger partial charge in [0.05, 0.1) is 0 Å². The molecule has 0 spiro atoms. The van der Waals surface area contributed by atoms with Crippen molar-refractivity contribution in [3.05, 3.63) is 35.9 Å². The summed E-state index contributed by atoms with van der Waals surface area (Å²) in [4.78, 5) is 0.